The first-order valence-corrected chi connectivity index (χ1v) is 7.28. The fraction of sp³-hybridized carbons (Fsp3) is 0.643. The molecule has 0 bridgehead atoms. The summed E-state index contributed by atoms with van der Waals surface area (Å²) < 4.78 is 1.99. The Balaban J connectivity index is 1.64. The lowest BCUT2D eigenvalue weighted by atomic mass is 10.0. The van der Waals surface area contributed by atoms with E-state index in [0.29, 0.717) is 23.3 Å². The minimum absolute atomic E-state index is 0.0528. The minimum atomic E-state index is -0.0528. The summed E-state index contributed by atoms with van der Waals surface area (Å²) in [4.78, 5) is 12.2. The van der Waals surface area contributed by atoms with Crippen LogP contribution in [0.2, 0.25) is 5.02 Å². The Morgan fingerprint density at radius 2 is 2.26 bits per heavy atom. The summed E-state index contributed by atoms with van der Waals surface area (Å²) in [6.07, 6.45) is 7.06. The summed E-state index contributed by atoms with van der Waals surface area (Å²) in [5, 5.41) is 12.6. The zero-order valence-corrected chi connectivity index (χ0v) is 11.6. The highest BCUT2D eigenvalue weighted by molar-refractivity contribution is 6.31. The molecule has 5 heteroatoms. The molecule has 104 valence electrons. The Morgan fingerprint density at radius 1 is 1.53 bits per heavy atom. The molecule has 1 aromatic heterocycles. The summed E-state index contributed by atoms with van der Waals surface area (Å²) in [5.74, 6) is -0.0528. The number of amides is 1. The quantitative estimate of drug-likeness (QED) is 0.842. The number of hydrogen-bond acceptors (Lipinski definition) is 2. The van der Waals surface area contributed by atoms with Gasteiger partial charge < -0.3 is 15.0 Å². The number of halogens is 1. The lowest BCUT2D eigenvalue weighted by molar-refractivity contribution is 0.0931. The summed E-state index contributed by atoms with van der Waals surface area (Å²) in [5.41, 5.74) is 0.804. The third kappa shape index (κ3) is 2.79. The van der Waals surface area contributed by atoms with Gasteiger partial charge in [0, 0.05) is 25.4 Å². The molecule has 2 fully saturated rings. The summed E-state index contributed by atoms with van der Waals surface area (Å²) in [7, 11) is 0. The maximum atomic E-state index is 12.2. The van der Waals surface area contributed by atoms with E-state index < -0.39 is 0 Å². The average molecular weight is 283 g/mol. The van der Waals surface area contributed by atoms with E-state index >= 15 is 0 Å². The van der Waals surface area contributed by atoms with Crippen molar-refractivity contribution in [2.75, 3.05) is 13.2 Å². The number of aromatic nitrogens is 1. The number of nitrogens with one attached hydrogen (secondary N) is 1. The molecule has 0 saturated heterocycles. The SMILES string of the molecule is O=C(NCC1(CCO)CC1)c1cc(Cl)cn1C1CC1. The number of nitrogens with zero attached hydrogens (tertiary/aromatic N) is 1. The molecule has 0 aliphatic heterocycles. The van der Waals surface area contributed by atoms with Crippen molar-refractivity contribution >= 4 is 17.5 Å². The largest absolute Gasteiger partial charge is 0.396 e. The van der Waals surface area contributed by atoms with Crippen LogP contribution < -0.4 is 5.32 Å². The molecule has 0 aromatic carbocycles. The number of aliphatic hydroxyl groups excluding tert-OH is 1. The van der Waals surface area contributed by atoms with Gasteiger partial charge in [0.2, 0.25) is 0 Å². The van der Waals surface area contributed by atoms with E-state index in [0.717, 1.165) is 32.1 Å². The zero-order chi connectivity index (χ0) is 13.5. The lowest BCUT2D eigenvalue weighted by Gasteiger charge is -2.15. The van der Waals surface area contributed by atoms with Crippen molar-refractivity contribution in [3.05, 3.63) is 23.0 Å². The monoisotopic (exact) mass is 282 g/mol. The molecule has 2 aliphatic rings. The van der Waals surface area contributed by atoms with Gasteiger partial charge in [-0.05, 0) is 43.6 Å². The zero-order valence-electron chi connectivity index (χ0n) is 10.9. The van der Waals surface area contributed by atoms with Crippen molar-refractivity contribution in [3.63, 3.8) is 0 Å². The molecular formula is C14H19ClN2O2. The van der Waals surface area contributed by atoms with Crippen LogP contribution in [0.5, 0.6) is 0 Å². The van der Waals surface area contributed by atoms with Crippen molar-refractivity contribution in [1.82, 2.24) is 9.88 Å². The Labute approximate surface area is 117 Å². The van der Waals surface area contributed by atoms with Crippen LogP contribution in [0.15, 0.2) is 12.3 Å². The number of hydrogen-bond donors (Lipinski definition) is 2. The molecule has 0 radical (unpaired) electrons. The number of rotatable bonds is 6. The van der Waals surface area contributed by atoms with Gasteiger partial charge in [-0.3, -0.25) is 4.79 Å². The van der Waals surface area contributed by atoms with Crippen LogP contribution in [-0.2, 0) is 0 Å². The molecule has 0 atom stereocenters. The first kappa shape index (κ1) is 13.0. The molecule has 1 heterocycles. The molecule has 19 heavy (non-hydrogen) atoms. The van der Waals surface area contributed by atoms with Crippen LogP contribution in [0.4, 0.5) is 0 Å². The fourth-order valence-electron chi connectivity index (χ4n) is 2.57. The third-order valence-corrected chi connectivity index (χ3v) is 4.42. The van der Waals surface area contributed by atoms with Gasteiger partial charge in [0.05, 0.1) is 5.02 Å². The molecule has 0 unspecified atom stereocenters. The lowest BCUT2D eigenvalue weighted by Crippen LogP contribution is -2.32. The molecule has 2 N–H and O–H groups in total. The molecule has 1 amide bonds. The number of carbonyl (C=O) groups excluding carboxylic acids is 1. The first-order valence-electron chi connectivity index (χ1n) is 6.90. The highest BCUT2D eigenvalue weighted by Crippen LogP contribution is 2.48. The standard InChI is InChI=1S/C14H19ClN2O2/c15-10-7-12(17(8-10)11-1-2-11)13(19)16-9-14(3-4-14)5-6-18/h7-8,11,18H,1-6,9H2,(H,16,19). The average Bonchev–Trinajstić information content (AvgIpc) is 3.28. The second-order valence-corrected chi connectivity index (χ2v) is 6.27. The van der Waals surface area contributed by atoms with Gasteiger partial charge in [-0.15, -0.1) is 0 Å². The van der Waals surface area contributed by atoms with Crippen molar-refractivity contribution in [1.29, 1.82) is 0 Å². The van der Waals surface area contributed by atoms with E-state index in [2.05, 4.69) is 5.32 Å². The Kier molecular flexibility index (Phi) is 3.31. The summed E-state index contributed by atoms with van der Waals surface area (Å²) in [6.45, 7) is 0.847. The summed E-state index contributed by atoms with van der Waals surface area (Å²) in [6, 6.07) is 2.18. The van der Waals surface area contributed by atoms with Gasteiger partial charge in [0.25, 0.3) is 5.91 Å². The Bertz CT molecular complexity index is 490. The highest BCUT2D eigenvalue weighted by Gasteiger charge is 2.42. The smallest absolute Gasteiger partial charge is 0.267 e. The number of carbonyl (C=O) groups is 1. The molecular weight excluding hydrogens is 264 g/mol. The van der Waals surface area contributed by atoms with Crippen molar-refractivity contribution in [3.8, 4) is 0 Å². The number of aliphatic hydroxyl groups is 1. The van der Waals surface area contributed by atoms with E-state index in [-0.39, 0.29) is 17.9 Å². The maximum absolute atomic E-state index is 12.2. The Hall–Kier alpha value is -1.00. The van der Waals surface area contributed by atoms with E-state index in [1.54, 1.807) is 6.07 Å². The molecule has 1 aromatic rings. The molecule has 4 nitrogen and oxygen atoms in total. The van der Waals surface area contributed by atoms with E-state index in [1.165, 1.54) is 0 Å². The van der Waals surface area contributed by atoms with Crippen molar-refractivity contribution in [2.45, 2.75) is 38.1 Å². The van der Waals surface area contributed by atoms with Gasteiger partial charge >= 0.3 is 0 Å². The van der Waals surface area contributed by atoms with Gasteiger partial charge in [0.15, 0.2) is 0 Å². The Morgan fingerprint density at radius 3 is 2.84 bits per heavy atom. The maximum Gasteiger partial charge on any atom is 0.267 e. The second kappa shape index (κ2) is 4.84. The van der Waals surface area contributed by atoms with Crippen molar-refractivity contribution in [2.24, 2.45) is 5.41 Å². The molecule has 3 rings (SSSR count). The second-order valence-electron chi connectivity index (χ2n) is 5.84. The molecule has 0 spiro atoms. The van der Waals surface area contributed by atoms with Crippen molar-refractivity contribution < 1.29 is 9.90 Å². The topological polar surface area (TPSA) is 54.3 Å². The molecule has 2 saturated carbocycles. The first-order chi connectivity index (χ1) is 9.13. The van der Waals surface area contributed by atoms with Crippen LogP contribution in [0.1, 0.15) is 48.6 Å². The minimum Gasteiger partial charge on any atom is -0.396 e. The van der Waals surface area contributed by atoms with Crippen LogP contribution in [0, 0.1) is 5.41 Å². The van der Waals surface area contributed by atoms with Gasteiger partial charge in [-0.25, -0.2) is 0 Å². The van der Waals surface area contributed by atoms with Gasteiger partial charge in [0.1, 0.15) is 5.69 Å². The molecule has 2 aliphatic carbocycles. The van der Waals surface area contributed by atoms with E-state index in [1.807, 2.05) is 10.8 Å². The normalized spacial score (nSPS) is 20.3. The predicted octanol–water partition coefficient (Wildman–Crippen LogP) is 2.37. The van der Waals surface area contributed by atoms with Gasteiger partial charge in [-0.1, -0.05) is 11.6 Å². The van der Waals surface area contributed by atoms with Gasteiger partial charge in [-0.2, -0.15) is 0 Å². The third-order valence-electron chi connectivity index (χ3n) is 4.21. The predicted molar refractivity (Wildman–Crippen MR) is 73.4 cm³/mol. The van der Waals surface area contributed by atoms with Crippen LogP contribution in [0.3, 0.4) is 0 Å². The summed E-state index contributed by atoms with van der Waals surface area (Å²) >= 11 is 6.00. The van der Waals surface area contributed by atoms with Crippen LogP contribution >= 0.6 is 11.6 Å². The van der Waals surface area contributed by atoms with Crippen LogP contribution in [0.25, 0.3) is 0 Å². The van der Waals surface area contributed by atoms with Crippen LogP contribution in [-0.4, -0.2) is 28.7 Å². The highest BCUT2D eigenvalue weighted by atomic mass is 35.5. The van der Waals surface area contributed by atoms with E-state index in [4.69, 9.17) is 16.7 Å². The van der Waals surface area contributed by atoms with E-state index in [9.17, 15) is 4.79 Å². The fourth-order valence-corrected chi connectivity index (χ4v) is 2.78.